The normalized spacial score (nSPS) is 13.8. The van der Waals surface area contributed by atoms with E-state index in [1.807, 2.05) is 18.3 Å². The van der Waals surface area contributed by atoms with Crippen molar-refractivity contribution in [1.29, 1.82) is 0 Å². The smallest absolute Gasteiger partial charge is 0.255 e. The quantitative estimate of drug-likeness (QED) is 0.628. The van der Waals surface area contributed by atoms with Crippen LogP contribution in [-0.2, 0) is 26.4 Å². The predicted octanol–water partition coefficient (Wildman–Crippen LogP) is 4.86. The van der Waals surface area contributed by atoms with E-state index < -0.39 is 0 Å². The predicted molar refractivity (Wildman–Crippen MR) is 113 cm³/mol. The summed E-state index contributed by atoms with van der Waals surface area (Å²) in [5, 5.41) is 3.81. The van der Waals surface area contributed by atoms with Gasteiger partial charge < -0.3 is 14.3 Å². The van der Waals surface area contributed by atoms with Gasteiger partial charge in [-0.1, -0.05) is 0 Å². The number of aromatic nitrogens is 1. The Labute approximate surface area is 169 Å². The van der Waals surface area contributed by atoms with Crippen LogP contribution in [0.2, 0.25) is 0 Å². The zero-order valence-corrected chi connectivity index (χ0v) is 17.4. The molecular formula is C22H25N3O2S. The molecular weight excluding hydrogens is 370 g/mol. The number of hydrogen-bond donors (Lipinski definition) is 1. The van der Waals surface area contributed by atoms with Crippen molar-refractivity contribution in [2.24, 2.45) is 12.0 Å². The number of nitrogens with zero attached hydrogens (tertiary/aromatic N) is 2. The van der Waals surface area contributed by atoms with Gasteiger partial charge in [-0.05, 0) is 63.3 Å². The first-order valence-corrected chi connectivity index (χ1v) is 10.5. The molecule has 1 aliphatic rings. The summed E-state index contributed by atoms with van der Waals surface area (Å²) in [6.07, 6.45) is 7.81. The number of carbonyl (C=O) groups excluding carboxylic acids is 1. The lowest BCUT2D eigenvalue weighted by Crippen LogP contribution is -2.23. The molecule has 1 amide bonds. The van der Waals surface area contributed by atoms with Gasteiger partial charge in [-0.2, -0.15) is 0 Å². The van der Waals surface area contributed by atoms with Gasteiger partial charge in [-0.15, -0.1) is 11.3 Å². The molecule has 0 bridgehead atoms. The average Bonchev–Trinajstić information content (AvgIpc) is 3.40. The second-order valence-corrected chi connectivity index (χ2v) is 8.38. The summed E-state index contributed by atoms with van der Waals surface area (Å²) in [7, 11) is 2.05. The lowest BCUT2D eigenvalue weighted by Gasteiger charge is -2.12. The summed E-state index contributed by atoms with van der Waals surface area (Å²) in [4.78, 5) is 19.1. The highest BCUT2D eigenvalue weighted by Crippen LogP contribution is 2.40. The third-order valence-corrected chi connectivity index (χ3v) is 6.72. The Hall–Kier alpha value is -2.60. The van der Waals surface area contributed by atoms with E-state index >= 15 is 0 Å². The van der Waals surface area contributed by atoms with E-state index in [2.05, 4.69) is 36.8 Å². The minimum atomic E-state index is -0.0658. The monoisotopic (exact) mass is 395 g/mol. The molecule has 1 aliphatic carbocycles. The number of fused-ring (bicyclic) bond motifs is 1. The van der Waals surface area contributed by atoms with E-state index in [1.54, 1.807) is 17.6 Å². The van der Waals surface area contributed by atoms with Crippen molar-refractivity contribution in [1.82, 2.24) is 9.88 Å². The summed E-state index contributed by atoms with van der Waals surface area (Å²) < 4.78 is 7.48. The molecule has 3 heterocycles. The molecule has 1 N–H and O–H groups in total. The van der Waals surface area contributed by atoms with E-state index in [1.165, 1.54) is 28.2 Å². The van der Waals surface area contributed by atoms with E-state index in [0.29, 0.717) is 6.54 Å². The summed E-state index contributed by atoms with van der Waals surface area (Å²) >= 11 is 1.66. The fourth-order valence-corrected chi connectivity index (χ4v) is 4.92. The maximum atomic E-state index is 13.0. The minimum Gasteiger partial charge on any atom is -0.467 e. The lowest BCUT2D eigenvalue weighted by molar-refractivity contribution is 0.0948. The number of carbonyl (C=O) groups is 1. The van der Waals surface area contributed by atoms with Gasteiger partial charge in [0.05, 0.1) is 18.4 Å². The number of rotatable bonds is 5. The molecule has 0 spiro atoms. The van der Waals surface area contributed by atoms with E-state index in [-0.39, 0.29) is 5.91 Å². The Balaban J connectivity index is 1.64. The Morgan fingerprint density at radius 3 is 2.89 bits per heavy atom. The summed E-state index contributed by atoms with van der Waals surface area (Å²) in [5.41, 5.74) is 5.38. The largest absolute Gasteiger partial charge is 0.467 e. The summed E-state index contributed by atoms with van der Waals surface area (Å²) in [6, 6.07) is 5.82. The van der Waals surface area contributed by atoms with Gasteiger partial charge in [-0.3, -0.25) is 4.79 Å². The standard InChI is InChI=1S/C22H25N3O2S/c1-14-11-16(15(2)25(14)3)12-24-22-20(18-8-4-5-9-19(18)28-22)21(26)23-13-17-7-6-10-27-17/h6-7,10-12H,4-5,8-9,13H2,1-3H3,(H,23,26). The number of amides is 1. The fraction of sp³-hybridized carbons (Fsp3) is 0.364. The number of hydrogen-bond acceptors (Lipinski definition) is 4. The molecule has 0 atom stereocenters. The van der Waals surface area contributed by atoms with Crippen LogP contribution >= 0.6 is 11.3 Å². The molecule has 0 unspecified atom stereocenters. The van der Waals surface area contributed by atoms with Gasteiger partial charge in [0.25, 0.3) is 5.91 Å². The average molecular weight is 396 g/mol. The number of aliphatic imine (C=N–C) groups is 1. The van der Waals surface area contributed by atoms with Crippen LogP contribution in [0.15, 0.2) is 33.9 Å². The van der Waals surface area contributed by atoms with Crippen molar-refractivity contribution in [3.63, 3.8) is 0 Å². The van der Waals surface area contributed by atoms with E-state index in [9.17, 15) is 4.79 Å². The van der Waals surface area contributed by atoms with E-state index in [0.717, 1.165) is 41.2 Å². The highest BCUT2D eigenvalue weighted by molar-refractivity contribution is 7.16. The molecule has 0 fully saturated rings. The molecule has 4 rings (SSSR count). The highest BCUT2D eigenvalue weighted by Gasteiger charge is 2.25. The first-order valence-electron chi connectivity index (χ1n) is 9.66. The van der Waals surface area contributed by atoms with Crippen molar-refractivity contribution in [3.8, 4) is 0 Å². The molecule has 146 valence electrons. The Morgan fingerprint density at radius 1 is 1.36 bits per heavy atom. The minimum absolute atomic E-state index is 0.0658. The highest BCUT2D eigenvalue weighted by atomic mass is 32.1. The Bertz CT molecular complexity index is 1030. The summed E-state index contributed by atoms with van der Waals surface area (Å²) in [5.74, 6) is 0.682. The molecule has 0 saturated carbocycles. The molecule has 6 heteroatoms. The Kier molecular flexibility index (Phi) is 5.22. The van der Waals surface area contributed by atoms with Crippen LogP contribution in [0.4, 0.5) is 5.00 Å². The maximum Gasteiger partial charge on any atom is 0.255 e. The van der Waals surface area contributed by atoms with Crippen LogP contribution < -0.4 is 5.32 Å². The van der Waals surface area contributed by atoms with Crippen molar-refractivity contribution in [2.75, 3.05) is 0 Å². The van der Waals surface area contributed by atoms with Gasteiger partial charge in [0.15, 0.2) is 0 Å². The Morgan fingerprint density at radius 2 is 2.18 bits per heavy atom. The lowest BCUT2D eigenvalue weighted by atomic mass is 9.95. The molecule has 5 nitrogen and oxygen atoms in total. The van der Waals surface area contributed by atoms with Crippen molar-refractivity contribution in [3.05, 3.63) is 63.2 Å². The second-order valence-electron chi connectivity index (χ2n) is 7.30. The number of nitrogens with one attached hydrogen (secondary N) is 1. The van der Waals surface area contributed by atoms with Crippen molar-refractivity contribution < 1.29 is 9.21 Å². The van der Waals surface area contributed by atoms with Gasteiger partial charge in [0.2, 0.25) is 0 Å². The second kappa shape index (κ2) is 7.80. The van der Waals surface area contributed by atoms with Gasteiger partial charge in [-0.25, -0.2) is 4.99 Å². The topological polar surface area (TPSA) is 59.5 Å². The number of furan rings is 1. The first kappa shape index (κ1) is 18.7. The summed E-state index contributed by atoms with van der Waals surface area (Å²) in [6.45, 7) is 4.56. The van der Waals surface area contributed by atoms with Crippen LogP contribution in [0.1, 0.15) is 56.4 Å². The van der Waals surface area contributed by atoms with E-state index in [4.69, 9.17) is 9.41 Å². The third kappa shape index (κ3) is 3.56. The zero-order chi connectivity index (χ0) is 19.7. The molecule has 0 aliphatic heterocycles. The van der Waals surface area contributed by atoms with Gasteiger partial charge in [0, 0.05) is 35.1 Å². The molecule has 0 saturated heterocycles. The maximum absolute atomic E-state index is 13.0. The molecule has 0 radical (unpaired) electrons. The molecule has 3 aromatic heterocycles. The SMILES string of the molecule is Cc1cc(C=Nc2sc3c(c2C(=O)NCc2ccco2)CCCC3)c(C)n1C. The first-order chi connectivity index (χ1) is 13.5. The zero-order valence-electron chi connectivity index (χ0n) is 16.5. The van der Waals surface area contributed by atoms with Crippen LogP contribution in [0.5, 0.6) is 0 Å². The molecule has 0 aromatic carbocycles. The van der Waals surface area contributed by atoms with Crippen LogP contribution in [0.25, 0.3) is 0 Å². The van der Waals surface area contributed by atoms with Crippen molar-refractivity contribution >= 4 is 28.5 Å². The molecule has 28 heavy (non-hydrogen) atoms. The molecule has 3 aromatic rings. The van der Waals surface area contributed by atoms with Crippen LogP contribution in [-0.4, -0.2) is 16.7 Å². The number of thiophene rings is 1. The van der Waals surface area contributed by atoms with Gasteiger partial charge in [0.1, 0.15) is 10.8 Å². The van der Waals surface area contributed by atoms with Crippen molar-refractivity contribution in [2.45, 2.75) is 46.1 Å². The third-order valence-electron chi connectivity index (χ3n) is 5.52. The van der Waals surface area contributed by atoms with Crippen LogP contribution in [0, 0.1) is 13.8 Å². The van der Waals surface area contributed by atoms with Crippen LogP contribution in [0.3, 0.4) is 0 Å². The fourth-order valence-electron chi connectivity index (χ4n) is 3.69. The van der Waals surface area contributed by atoms with Gasteiger partial charge >= 0.3 is 0 Å². The number of aryl methyl sites for hydroxylation is 2.